The van der Waals surface area contributed by atoms with Crippen LogP contribution in [-0.2, 0) is 23.8 Å². The van der Waals surface area contributed by atoms with E-state index < -0.39 is 11.7 Å². The van der Waals surface area contributed by atoms with Gasteiger partial charge in [0.2, 0.25) is 11.6 Å². The summed E-state index contributed by atoms with van der Waals surface area (Å²) in [5, 5.41) is 4.36. The predicted octanol–water partition coefficient (Wildman–Crippen LogP) is 5.43. The number of hydrogen-bond acceptors (Lipinski definition) is 4. The Morgan fingerprint density at radius 2 is 1.87 bits per heavy atom. The van der Waals surface area contributed by atoms with E-state index in [4.69, 9.17) is 4.42 Å². The predicted molar refractivity (Wildman–Crippen MR) is 107 cm³/mol. The summed E-state index contributed by atoms with van der Waals surface area (Å²) in [6.45, 7) is 1.82. The minimum atomic E-state index is -4.42. The van der Waals surface area contributed by atoms with Crippen LogP contribution in [0.1, 0.15) is 22.5 Å². The van der Waals surface area contributed by atoms with Gasteiger partial charge >= 0.3 is 6.18 Å². The highest BCUT2D eigenvalue weighted by molar-refractivity contribution is 9.10. The summed E-state index contributed by atoms with van der Waals surface area (Å²) in [6, 6.07) is 10.5. The molecule has 0 amide bonds. The number of aromatic nitrogens is 3. The van der Waals surface area contributed by atoms with Crippen molar-refractivity contribution in [3.63, 3.8) is 0 Å². The summed E-state index contributed by atoms with van der Waals surface area (Å²) in [5.74, 6) is 1.06. The molecule has 4 aromatic rings. The smallest absolute Gasteiger partial charge is 0.416 e. The van der Waals surface area contributed by atoms with Crippen LogP contribution >= 0.6 is 15.9 Å². The lowest BCUT2D eigenvalue weighted by molar-refractivity contribution is -0.137. The van der Waals surface area contributed by atoms with Crippen molar-refractivity contribution in [2.45, 2.75) is 25.9 Å². The second-order valence-electron chi connectivity index (χ2n) is 6.86. The zero-order chi connectivity index (χ0) is 21.5. The Morgan fingerprint density at radius 3 is 2.50 bits per heavy atom. The van der Waals surface area contributed by atoms with Crippen molar-refractivity contribution in [1.29, 1.82) is 0 Å². The topological polar surface area (TPSA) is 60.4 Å². The highest BCUT2D eigenvalue weighted by Gasteiger charge is 2.30. The van der Waals surface area contributed by atoms with Gasteiger partial charge in [-0.05, 0) is 42.3 Å². The van der Waals surface area contributed by atoms with E-state index in [1.807, 2.05) is 19.1 Å². The van der Waals surface area contributed by atoms with Crippen LogP contribution in [0, 0.1) is 6.92 Å². The highest BCUT2D eigenvalue weighted by Crippen LogP contribution is 2.32. The lowest BCUT2D eigenvalue weighted by atomic mass is 10.0. The zero-order valence-electron chi connectivity index (χ0n) is 15.7. The van der Waals surface area contributed by atoms with Crippen LogP contribution < -0.4 is 0 Å². The first kappa shape index (κ1) is 20.3. The van der Waals surface area contributed by atoms with Crippen molar-refractivity contribution in [2.24, 2.45) is 0 Å². The molecule has 0 spiro atoms. The van der Waals surface area contributed by atoms with Crippen molar-refractivity contribution in [3.8, 4) is 11.5 Å². The normalized spacial score (nSPS) is 11.9. The second-order valence-corrected chi connectivity index (χ2v) is 7.71. The molecule has 4 rings (SSSR count). The van der Waals surface area contributed by atoms with Crippen LogP contribution in [0.3, 0.4) is 0 Å². The molecule has 0 aliphatic rings. The van der Waals surface area contributed by atoms with Crippen LogP contribution in [0.15, 0.2) is 57.6 Å². The number of nitrogens with zero attached hydrogens (tertiary/aromatic N) is 3. The third-order valence-corrected chi connectivity index (χ3v) is 5.38. The van der Waals surface area contributed by atoms with Crippen LogP contribution in [0.2, 0.25) is 0 Å². The molecule has 9 heteroatoms. The van der Waals surface area contributed by atoms with Gasteiger partial charge in [-0.2, -0.15) is 17.7 Å². The van der Waals surface area contributed by atoms with Gasteiger partial charge in [0.15, 0.2) is 0 Å². The highest BCUT2D eigenvalue weighted by atomic mass is 79.9. The van der Waals surface area contributed by atoms with Crippen molar-refractivity contribution >= 4 is 27.4 Å². The number of Topliss-reactive ketones (excluding diaryl/α,β-unsaturated/α-hetero) is 1. The number of benzene rings is 2. The molecule has 2 aromatic heterocycles. The molecule has 0 fully saturated rings. The number of hydrogen-bond donors (Lipinski definition) is 0. The fourth-order valence-electron chi connectivity index (χ4n) is 3.07. The maximum absolute atomic E-state index is 12.8. The van der Waals surface area contributed by atoms with Gasteiger partial charge < -0.3 is 4.42 Å². The molecule has 0 bridgehead atoms. The van der Waals surface area contributed by atoms with E-state index in [1.54, 1.807) is 22.8 Å². The fourth-order valence-corrected chi connectivity index (χ4v) is 3.59. The van der Waals surface area contributed by atoms with Crippen molar-refractivity contribution < 1.29 is 22.4 Å². The number of halogens is 4. The number of imidazole rings is 1. The number of ketones is 1. The van der Waals surface area contributed by atoms with Gasteiger partial charge in [-0.1, -0.05) is 34.1 Å². The van der Waals surface area contributed by atoms with E-state index in [1.165, 1.54) is 6.07 Å². The van der Waals surface area contributed by atoms with Crippen molar-refractivity contribution in [3.05, 3.63) is 75.6 Å². The summed E-state index contributed by atoms with van der Waals surface area (Å²) >= 11 is 3.13. The molecule has 0 radical (unpaired) electrons. The van der Waals surface area contributed by atoms with Gasteiger partial charge in [0, 0.05) is 22.9 Å². The first-order chi connectivity index (χ1) is 14.2. The Bertz CT molecular complexity index is 1230. The number of rotatable bonds is 5. The van der Waals surface area contributed by atoms with E-state index in [9.17, 15) is 18.0 Å². The van der Waals surface area contributed by atoms with Gasteiger partial charge in [-0.3, -0.25) is 4.79 Å². The number of alkyl halides is 3. The molecule has 154 valence electrons. The maximum Gasteiger partial charge on any atom is 0.416 e. The molecule has 0 atom stereocenters. The van der Waals surface area contributed by atoms with Crippen LogP contribution in [-0.4, -0.2) is 20.4 Å². The minimum absolute atomic E-state index is 0.0397. The van der Waals surface area contributed by atoms with Crippen LogP contribution in [0.4, 0.5) is 13.2 Å². The molecule has 0 saturated heterocycles. The van der Waals surface area contributed by atoms with E-state index in [-0.39, 0.29) is 23.1 Å². The average molecular weight is 478 g/mol. The van der Waals surface area contributed by atoms with E-state index >= 15 is 0 Å². The Labute approximate surface area is 177 Å². The Morgan fingerprint density at radius 1 is 1.13 bits per heavy atom. The molecule has 0 aliphatic carbocycles. The Balaban J connectivity index is 1.43. The summed E-state index contributed by atoms with van der Waals surface area (Å²) in [6.07, 6.45) is -2.61. The van der Waals surface area contributed by atoms with Gasteiger partial charge in [-0.15, -0.1) is 5.10 Å². The largest absolute Gasteiger partial charge is 0.417 e. The van der Waals surface area contributed by atoms with Crippen LogP contribution in [0.25, 0.3) is 17.2 Å². The lowest BCUT2D eigenvalue weighted by Gasteiger charge is -2.10. The van der Waals surface area contributed by atoms with Gasteiger partial charge in [-0.25, -0.2) is 4.98 Å². The molecule has 2 heterocycles. The van der Waals surface area contributed by atoms with Crippen LogP contribution in [0.5, 0.6) is 0 Å². The van der Waals surface area contributed by atoms with Gasteiger partial charge in [0.25, 0.3) is 0 Å². The van der Waals surface area contributed by atoms with Gasteiger partial charge in [0.1, 0.15) is 11.6 Å². The maximum atomic E-state index is 12.8. The molecule has 30 heavy (non-hydrogen) atoms. The summed E-state index contributed by atoms with van der Waals surface area (Å²) in [4.78, 5) is 16.5. The standard InChI is InChI=1S/C21H15BrF3N3O2/c1-12-26-11-19-28(12)27-20(30-19)14-4-2-13(3-5-14)8-17(29)9-15-6-7-16(10-18(15)22)21(23,24)25/h2-7,10-11H,8-9H2,1H3. The first-order valence-corrected chi connectivity index (χ1v) is 9.78. The molecule has 0 unspecified atom stereocenters. The fraction of sp³-hybridized carbons (Fsp3) is 0.190. The number of carbonyl (C=O) groups excluding carboxylic acids is 1. The molecule has 2 aromatic carbocycles. The summed E-state index contributed by atoms with van der Waals surface area (Å²) in [7, 11) is 0. The molecule has 0 saturated carbocycles. The summed E-state index contributed by atoms with van der Waals surface area (Å²) < 4.78 is 45.8. The third-order valence-electron chi connectivity index (χ3n) is 4.64. The number of carbonyl (C=O) groups is 1. The van der Waals surface area contributed by atoms with E-state index in [0.29, 0.717) is 17.2 Å². The SMILES string of the molecule is Cc1ncc2oc(-c3ccc(CC(=O)Cc4ccc(C(F)(F)F)cc4Br)cc3)nn12. The van der Waals surface area contributed by atoms with Crippen molar-refractivity contribution in [2.75, 3.05) is 0 Å². The Hall–Kier alpha value is -2.94. The molecular formula is C21H15BrF3N3O2. The molecule has 0 aliphatic heterocycles. The third kappa shape index (κ3) is 4.16. The molecular weight excluding hydrogens is 463 g/mol. The second kappa shape index (κ2) is 7.71. The van der Waals surface area contributed by atoms with Crippen molar-refractivity contribution in [1.82, 2.24) is 14.6 Å². The van der Waals surface area contributed by atoms with E-state index in [0.717, 1.165) is 29.1 Å². The average Bonchev–Trinajstić information content (AvgIpc) is 3.25. The number of aryl methyl sites for hydroxylation is 1. The minimum Gasteiger partial charge on any atom is -0.417 e. The lowest BCUT2D eigenvalue weighted by Crippen LogP contribution is -2.09. The first-order valence-electron chi connectivity index (χ1n) is 8.98. The zero-order valence-corrected chi connectivity index (χ0v) is 17.3. The van der Waals surface area contributed by atoms with Gasteiger partial charge in [0.05, 0.1) is 11.8 Å². The number of fused-ring (bicyclic) bond motifs is 1. The monoisotopic (exact) mass is 477 g/mol. The molecule has 0 N–H and O–H groups in total. The molecule has 5 nitrogen and oxygen atoms in total. The summed E-state index contributed by atoms with van der Waals surface area (Å²) in [5.41, 5.74) is 1.87. The quantitative estimate of drug-likeness (QED) is 0.384. The van der Waals surface area contributed by atoms with E-state index in [2.05, 4.69) is 26.0 Å². The Kier molecular flexibility index (Phi) is 5.23.